The molecule has 3 nitrogen and oxygen atoms in total. The van der Waals surface area contributed by atoms with Crippen LogP contribution in [0.4, 0.5) is 4.39 Å². The maximum absolute atomic E-state index is 13.7. The SMILES string of the molecule is Cc1cnc(C(C)NC2CC(c3ccccc3F)C2)o1. The topological polar surface area (TPSA) is 38.1 Å². The third-order valence-electron chi connectivity index (χ3n) is 3.98. The number of hydrogen-bond donors (Lipinski definition) is 1. The van der Waals surface area contributed by atoms with Crippen molar-refractivity contribution in [3.8, 4) is 0 Å². The molecule has 0 radical (unpaired) electrons. The Morgan fingerprint density at radius 3 is 2.75 bits per heavy atom. The molecule has 0 saturated heterocycles. The lowest BCUT2D eigenvalue weighted by atomic mass is 9.75. The molecule has 4 heteroatoms. The fraction of sp³-hybridized carbons (Fsp3) is 0.438. The van der Waals surface area contributed by atoms with Gasteiger partial charge in [0, 0.05) is 6.04 Å². The van der Waals surface area contributed by atoms with E-state index in [1.807, 2.05) is 26.0 Å². The quantitative estimate of drug-likeness (QED) is 0.923. The van der Waals surface area contributed by atoms with Gasteiger partial charge in [0.1, 0.15) is 11.6 Å². The van der Waals surface area contributed by atoms with Crippen molar-refractivity contribution in [1.29, 1.82) is 0 Å². The minimum Gasteiger partial charge on any atom is -0.444 e. The van der Waals surface area contributed by atoms with E-state index >= 15 is 0 Å². The predicted molar refractivity (Wildman–Crippen MR) is 75.0 cm³/mol. The molecule has 0 spiro atoms. The molecule has 1 aromatic carbocycles. The molecule has 1 heterocycles. The van der Waals surface area contributed by atoms with Crippen LogP contribution in [0.25, 0.3) is 0 Å². The van der Waals surface area contributed by atoms with Crippen LogP contribution in [-0.2, 0) is 0 Å². The Balaban J connectivity index is 1.55. The largest absolute Gasteiger partial charge is 0.444 e. The lowest BCUT2D eigenvalue weighted by Gasteiger charge is -2.37. The van der Waals surface area contributed by atoms with E-state index in [1.165, 1.54) is 6.07 Å². The van der Waals surface area contributed by atoms with Crippen molar-refractivity contribution < 1.29 is 8.81 Å². The Morgan fingerprint density at radius 2 is 2.10 bits per heavy atom. The molecule has 0 bridgehead atoms. The van der Waals surface area contributed by atoms with Gasteiger partial charge in [0.15, 0.2) is 0 Å². The summed E-state index contributed by atoms with van der Waals surface area (Å²) in [5, 5.41) is 3.49. The van der Waals surface area contributed by atoms with Gasteiger partial charge in [0.2, 0.25) is 5.89 Å². The van der Waals surface area contributed by atoms with Gasteiger partial charge in [-0.15, -0.1) is 0 Å². The summed E-state index contributed by atoms with van der Waals surface area (Å²) in [6, 6.07) is 7.56. The molecular formula is C16H19FN2O. The highest BCUT2D eigenvalue weighted by molar-refractivity contribution is 5.24. The Bertz CT molecular complexity index is 590. The van der Waals surface area contributed by atoms with Crippen LogP contribution in [0.3, 0.4) is 0 Å². The molecule has 0 aliphatic heterocycles. The number of oxazole rings is 1. The van der Waals surface area contributed by atoms with Crippen molar-refractivity contribution in [1.82, 2.24) is 10.3 Å². The van der Waals surface area contributed by atoms with Crippen LogP contribution in [0.5, 0.6) is 0 Å². The van der Waals surface area contributed by atoms with E-state index in [0.29, 0.717) is 12.0 Å². The highest BCUT2D eigenvalue weighted by Gasteiger charge is 2.33. The zero-order valence-corrected chi connectivity index (χ0v) is 11.8. The van der Waals surface area contributed by atoms with E-state index in [9.17, 15) is 4.39 Å². The van der Waals surface area contributed by atoms with Crippen molar-refractivity contribution in [3.05, 3.63) is 53.5 Å². The lowest BCUT2D eigenvalue weighted by molar-refractivity contribution is 0.251. The third kappa shape index (κ3) is 2.61. The number of nitrogens with one attached hydrogen (secondary N) is 1. The van der Waals surface area contributed by atoms with Gasteiger partial charge in [0.25, 0.3) is 0 Å². The second kappa shape index (κ2) is 5.37. The zero-order valence-electron chi connectivity index (χ0n) is 11.8. The summed E-state index contributed by atoms with van der Waals surface area (Å²) in [6.45, 7) is 3.93. The summed E-state index contributed by atoms with van der Waals surface area (Å²) < 4.78 is 19.2. The summed E-state index contributed by atoms with van der Waals surface area (Å²) in [4.78, 5) is 4.23. The van der Waals surface area contributed by atoms with E-state index in [2.05, 4.69) is 10.3 Å². The maximum Gasteiger partial charge on any atom is 0.211 e. The van der Waals surface area contributed by atoms with Gasteiger partial charge < -0.3 is 9.73 Å². The molecule has 2 aromatic rings. The van der Waals surface area contributed by atoms with Crippen LogP contribution < -0.4 is 5.32 Å². The molecule has 1 aromatic heterocycles. The number of hydrogen-bond acceptors (Lipinski definition) is 3. The summed E-state index contributed by atoms with van der Waals surface area (Å²) in [6.07, 6.45) is 3.66. The first-order chi connectivity index (χ1) is 9.63. The highest BCUT2D eigenvalue weighted by Crippen LogP contribution is 2.38. The van der Waals surface area contributed by atoms with Crippen LogP contribution in [0.1, 0.15) is 48.9 Å². The average molecular weight is 274 g/mol. The Morgan fingerprint density at radius 1 is 1.35 bits per heavy atom. The van der Waals surface area contributed by atoms with Crippen LogP contribution in [-0.4, -0.2) is 11.0 Å². The molecule has 0 amide bonds. The van der Waals surface area contributed by atoms with Crippen molar-refractivity contribution in [2.45, 2.75) is 44.7 Å². The Hall–Kier alpha value is -1.68. The first kappa shape index (κ1) is 13.3. The molecule has 1 atom stereocenters. The van der Waals surface area contributed by atoms with Gasteiger partial charge in [-0.05, 0) is 44.2 Å². The van der Waals surface area contributed by atoms with Gasteiger partial charge in [-0.1, -0.05) is 18.2 Å². The molecule has 3 rings (SSSR count). The normalized spacial score (nSPS) is 23.4. The first-order valence-corrected chi connectivity index (χ1v) is 7.06. The minimum absolute atomic E-state index is 0.0904. The number of nitrogens with zero attached hydrogens (tertiary/aromatic N) is 1. The second-order valence-electron chi connectivity index (χ2n) is 5.58. The average Bonchev–Trinajstić information content (AvgIpc) is 2.81. The van der Waals surface area contributed by atoms with E-state index in [-0.39, 0.29) is 11.9 Å². The zero-order chi connectivity index (χ0) is 14.1. The molecule has 20 heavy (non-hydrogen) atoms. The highest BCUT2D eigenvalue weighted by atomic mass is 19.1. The smallest absolute Gasteiger partial charge is 0.211 e. The summed E-state index contributed by atoms with van der Waals surface area (Å²) in [5.74, 6) is 1.78. The van der Waals surface area contributed by atoms with Gasteiger partial charge in [-0.3, -0.25) is 0 Å². The monoisotopic (exact) mass is 274 g/mol. The summed E-state index contributed by atoms with van der Waals surface area (Å²) in [5.41, 5.74) is 0.838. The molecule has 1 aliphatic carbocycles. The number of benzene rings is 1. The molecule has 1 unspecified atom stereocenters. The van der Waals surface area contributed by atoms with Crippen molar-refractivity contribution in [2.24, 2.45) is 0 Å². The van der Waals surface area contributed by atoms with Gasteiger partial charge in [-0.25, -0.2) is 9.37 Å². The second-order valence-corrected chi connectivity index (χ2v) is 5.58. The molecular weight excluding hydrogens is 255 g/mol. The fourth-order valence-electron chi connectivity index (χ4n) is 2.81. The van der Waals surface area contributed by atoms with Crippen molar-refractivity contribution in [2.75, 3.05) is 0 Å². The predicted octanol–water partition coefficient (Wildman–Crippen LogP) is 3.72. The number of aryl methyl sites for hydroxylation is 1. The van der Waals surface area contributed by atoms with Gasteiger partial charge in [-0.2, -0.15) is 0 Å². The van der Waals surface area contributed by atoms with Crippen LogP contribution in [0.2, 0.25) is 0 Å². The fourth-order valence-corrected chi connectivity index (χ4v) is 2.81. The third-order valence-corrected chi connectivity index (χ3v) is 3.98. The van der Waals surface area contributed by atoms with Crippen LogP contribution in [0, 0.1) is 12.7 Å². The number of halogens is 1. The number of aromatic nitrogens is 1. The van der Waals surface area contributed by atoms with E-state index in [1.54, 1.807) is 12.3 Å². The Labute approximate surface area is 118 Å². The van der Waals surface area contributed by atoms with E-state index in [4.69, 9.17) is 4.42 Å². The van der Waals surface area contributed by atoms with E-state index in [0.717, 1.165) is 30.1 Å². The van der Waals surface area contributed by atoms with E-state index < -0.39 is 0 Å². The van der Waals surface area contributed by atoms with Gasteiger partial charge in [0.05, 0.1) is 12.2 Å². The Kier molecular flexibility index (Phi) is 3.57. The maximum atomic E-state index is 13.7. The summed E-state index contributed by atoms with van der Waals surface area (Å²) >= 11 is 0. The lowest BCUT2D eigenvalue weighted by Crippen LogP contribution is -2.41. The molecule has 106 valence electrons. The molecule has 1 aliphatic rings. The first-order valence-electron chi connectivity index (χ1n) is 7.06. The van der Waals surface area contributed by atoms with Crippen molar-refractivity contribution >= 4 is 0 Å². The van der Waals surface area contributed by atoms with Crippen LogP contribution >= 0.6 is 0 Å². The molecule has 1 N–H and O–H groups in total. The van der Waals surface area contributed by atoms with Crippen molar-refractivity contribution in [3.63, 3.8) is 0 Å². The standard InChI is InChI=1S/C16H19FN2O/c1-10-9-18-16(20-10)11(2)19-13-7-12(8-13)14-5-3-4-6-15(14)17/h3-6,9,11-13,19H,7-8H2,1-2H3. The van der Waals surface area contributed by atoms with Crippen LogP contribution in [0.15, 0.2) is 34.9 Å². The summed E-state index contributed by atoms with van der Waals surface area (Å²) in [7, 11) is 0. The van der Waals surface area contributed by atoms with Gasteiger partial charge >= 0.3 is 0 Å². The molecule has 1 saturated carbocycles. The minimum atomic E-state index is -0.0904. The number of rotatable bonds is 4. The molecule has 1 fully saturated rings.